The molecule has 0 aromatic heterocycles. The third-order valence-corrected chi connectivity index (χ3v) is 3.27. The van der Waals surface area contributed by atoms with Gasteiger partial charge in [0.1, 0.15) is 6.29 Å². The van der Waals surface area contributed by atoms with Crippen molar-refractivity contribution in [1.29, 1.82) is 0 Å². The number of aldehydes is 1. The monoisotopic (exact) mass is 153 g/mol. The minimum absolute atomic E-state index is 0.0399. The van der Waals surface area contributed by atoms with Crippen molar-refractivity contribution in [2.45, 2.75) is 38.1 Å². The Kier molecular flexibility index (Phi) is 1.72. The van der Waals surface area contributed by atoms with Gasteiger partial charge in [-0.15, -0.1) is 0 Å². The van der Waals surface area contributed by atoms with E-state index in [4.69, 9.17) is 0 Å². The number of hydrogen-bond acceptors (Lipinski definition) is 2. The average Bonchev–Trinajstić information content (AvgIpc) is 2.48. The van der Waals surface area contributed by atoms with Crippen LogP contribution in [-0.4, -0.2) is 18.9 Å². The number of piperidine rings is 1. The molecule has 2 heteroatoms. The van der Waals surface area contributed by atoms with Crippen molar-refractivity contribution in [2.75, 3.05) is 6.54 Å². The molecule has 0 amide bonds. The molecule has 1 aliphatic heterocycles. The Bertz CT molecular complexity index is 169. The molecule has 2 aliphatic rings. The lowest BCUT2D eigenvalue weighted by Crippen LogP contribution is -2.47. The number of carbonyl (C=O) groups is 1. The topological polar surface area (TPSA) is 29.1 Å². The molecule has 1 saturated carbocycles. The van der Waals surface area contributed by atoms with Crippen LogP contribution in [0.25, 0.3) is 0 Å². The van der Waals surface area contributed by atoms with Crippen LogP contribution >= 0.6 is 0 Å². The SMILES string of the molecule is O=CC12CCCNC1CCC2. The van der Waals surface area contributed by atoms with E-state index in [1.54, 1.807) is 0 Å². The Hall–Kier alpha value is -0.370. The van der Waals surface area contributed by atoms with Crippen LogP contribution in [-0.2, 0) is 4.79 Å². The van der Waals surface area contributed by atoms with Gasteiger partial charge >= 0.3 is 0 Å². The standard InChI is InChI=1S/C9H15NO/c11-7-9-4-1-3-8(9)10-6-2-5-9/h7-8,10H,1-6H2. The molecule has 0 radical (unpaired) electrons. The van der Waals surface area contributed by atoms with Gasteiger partial charge in [0.25, 0.3) is 0 Å². The van der Waals surface area contributed by atoms with Crippen molar-refractivity contribution in [2.24, 2.45) is 5.41 Å². The molecule has 2 fully saturated rings. The van der Waals surface area contributed by atoms with E-state index in [1.807, 2.05) is 0 Å². The summed E-state index contributed by atoms with van der Waals surface area (Å²) in [6.45, 7) is 1.11. The van der Waals surface area contributed by atoms with Crippen LogP contribution in [0.2, 0.25) is 0 Å². The largest absolute Gasteiger partial charge is 0.313 e. The Morgan fingerprint density at radius 3 is 2.91 bits per heavy atom. The molecule has 1 N–H and O–H groups in total. The van der Waals surface area contributed by atoms with E-state index in [-0.39, 0.29) is 5.41 Å². The molecule has 1 heterocycles. The third-order valence-electron chi connectivity index (χ3n) is 3.27. The summed E-state index contributed by atoms with van der Waals surface area (Å²) >= 11 is 0. The van der Waals surface area contributed by atoms with Crippen LogP contribution in [0.1, 0.15) is 32.1 Å². The van der Waals surface area contributed by atoms with Gasteiger partial charge in [-0.05, 0) is 32.2 Å². The second-order valence-corrected chi connectivity index (χ2v) is 3.85. The fraction of sp³-hybridized carbons (Fsp3) is 0.889. The molecule has 1 saturated heterocycles. The van der Waals surface area contributed by atoms with E-state index < -0.39 is 0 Å². The number of fused-ring (bicyclic) bond motifs is 1. The molecule has 2 unspecified atom stereocenters. The average molecular weight is 153 g/mol. The molecule has 11 heavy (non-hydrogen) atoms. The summed E-state index contributed by atoms with van der Waals surface area (Å²) in [5, 5.41) is 3.44. The van der Waals surface area contributed by atoms with Gasteiger partial charge in [0.15, 0.2) is 0 Å². The van der Waals surface area contributed by atoms with Gasteiger partial charge in [-0.1, -0.05) is 6.42 Å². The van der Waals surface area contributed by atoms with Gasteiger partial charge in [0, 0.05) is 11.5 Å². The summed E-state index contributed by atoms with van der Waals surface area (Å²) in [6.07, 6.45) is 7.06. The summed E-state index contributed by atoms with van der Waals surface area (Å²) in [7, 11) is 0. The lowest BCUT2D eigenvalue weighted by Gasteiger charge is -2.35. The first-order valence-electron chi connectivity index (χ1n) is 4.57. The first kappa shape index (κ1) is 7.29. The predicted molar refractivity (Wildman–Crippen MR) is 43.4 cm³/mol. The van der Waals surface area contributed by atoms with Gasteiger partial charge < -0.3 is 10.1 Å². The first-order chi connectivity index (χ1) is 5.37. The number of carbonyl (C=O) groups excluding carboxylic acids is 1. The Morgan fingerprint density at radius 2 is 2.18 bits per heavy atom. The van der Waals surface area contributed by atoms with E-state index in [0.29, 0.717) is 6.04 Å². The summed E-state index contributed by atoms with van der Waals surface area (Å²) in [6, 6.07) is 0.508. The van der Waals surface area contributed by atoms with E-state index in [9.17, 15) is 4.79 Å². The van der Waals surface area contributed by atoms with Crippen molar-refractivity contribution in [3.8, 4) is 0 Å². The van der Waals surface area contributed by atoms with Gasteiger partial charge in [-0.25, -0.2) is 0 Å². The van der Waals surface area contributed by atoms with Crippen LogP contribution in [0.5, 0.6) is 0 Å². The molecule has 2 nitrogen and oxygen atoms in total. The molecule has 2 atom stereocenters. The quantitative estimate of drug-likeness (QED) is 0.572. The fourth-order valence-electron chi connectivity index (χ4n) is 2.60. The summed E-state index contributed by atoms with van der Waals surface area (Å²) in [5.41, 5.74) is 0.0399. The number of nitrogens with one attached hydrogen (secondary N) is 1. The fourth-order valence-corrected chi connectivity index (χ4v) is 2.60. The van der Waals surface area contributed by atoms with Crippen molar-refractivity contribution in [1.82, 2.24) is 5.32 Å². The molecule has 0 bridgehead atoms. The smallest absolute Gasteiger partial charge is 0.127 e. The zero-order valence-corrected chi connectivity index (χ0v) is 6.81. The second-order valence-electron chi connectivity index (χ2n) is 3.85. The van der Waals surface area contributed by atoms with Crippen LogP contribution < -0.4 is 5.32 Å². The molecule has 0 aromatic rings. The molecular formula is C9H15NO. The Balaban J connectivity index is 2.18. The molecule has 62 valence electrons. The maximum Gasteiger partial charge on any atom is 0.127 e. The van der Waals surface area contributed by atoms with Gasteiger partial charge in [-0.2, -0.15) is 0 Å². The summed E-state index contributed by atoms with van der Waals surface area (Å²) < 4.78 is 0. The van der Waals surface area contributed by atoms with E-state index in [2.05, 4.69) is 5.32 Å². The maximum atomic E-state index is 10.9. The van der Waals surface area contributed by atoms with Crippen LogP contribution in [0.4, 0.5) is 0 Å². The second kappa shape index (κ2) is 2.59. The maximum absolute atomic E-state index is 10.9. The van der Waals surface area contributed by atoms with Gasteiger partial charge in [0.2, 0.25) is 0 Å². The highest BCUT2D eigenvalue weighted by Crippen LogP contribution is 2.42. The third kappa shape index (κ3) is 1.00. The lowest BCUT2D eigenvalue weighted by atomic mass is 9.77. The van der Waals surface area contributed by atoms with Crippen molar-refractivity contribution in [3.63, 3.8) is 0 Å². The number of rotatable bonds is 1. The zero-order valence-electron chi connectivity index (χ0n) is 6.81. The highest BCUT2D eigenvalue weighted by atomic mass is 16.1. The van der Waals surface area contributed by atoms with Crippen LogP contribution in [0, 0.1) is 5.41 Å². The van der Waals surface area contributed by atoms with E-state index >= 15 is 0 Å². The zero-order chi connectivity index (χ0) is 7.73. The van der Waals surface area contributed by atoms with Crippen molar-refractivity contribution >= 4 is 6.29 Å². The van der Waals surface area contributed by atoms with Crippen LogP contribution in [0.15, 0.2) is 0 Å². The minimum Gasteiger partial charge on any atom is -0.313 e. The first-order valence-corrected chi connectivity index (χ1v) is 4.57. The van der Waals surface area contributed by atoms with Gasteiger partial charge in [0.05, 0.1) is 0 Å². The molecule has 0 aromatic carbocycles. The minimum atomic E-state index is 0.0399. The Morgan fingerprint density at radius 1 is 1.36 bits per heavy atom. The highest BCUT2D eigenvalue weighted by molar-refractivity contribution is 5.61. The molecule has 1 aliphatic carbocycles. The lowest BCUT2D eigenvalue weighted by molar-refractivity contribution is -0.118. The van der Waals surface area contributed by atoms with Gasteiger partial charge in [-0.3, -0.25) is 0 Å². The van der Waals surface area contributed by atoms with Crippen molar-refractivity contribution in [3.05, 3.63) is 0 Å². The van der Waals surface area contributed by atoms with Crippen molar-refractivity contribution < 1.29 is 4.79 Å². The van der Waals surface area contributed by atoms with E-state index in [1.165, 1.54) is 25.5 Å². The summed E-state index contributed by atoms with van der Waals surface area (Å²) in [4.78, 5) is 10.9. The summed E-state index contributed by atoms with van der Waals surface area (Å²) in [5.74, 6) is 0. The Labute approximate surface area is 67.4 Å². The van der Waals surface area contributed by atoms with E-state index in [0.717, 1.165) is 19.4 Å². The molecule has 0 spiro atoms. The highest BCUT2D eigenvalue weighted by Gasteiger charge is 2.43. The molecular weight excluding hydrogens is 138 g/mol. The predicted octanol–water partition coefficient (Wildman–Crippen LogP) is 1.11. The van der Waals surface area contributed by atoms with Crippen LogP contribution in [0.3, 0.4) is 0 Å². The number of hydrogen-bond donors (Lipinski definition) is 1. The normalized spacial score (nSPS) is 43.5. The molecule has 2 rings (SSSR count).